The first-order valence-electron chi connectivity index (χ1n) is 5.94. The fourth-order valence-electron chi connectivity index (χ4n) is 2.37. The zero-order valence-corrected chi connectivity index (χ0v) is 11.4. The van der Waals surface area contributed by atoms with E-state index in [4.69, 9.17) is 11.6 Å². The number of hydrogen-bond acceptors (Lipinski definition) is 2. The second-order valence-electron chi connectivity index (χ2n) is 4.42. The number of hydrogen-bond donors (Lipinski definition) is 1. The molecule has 2 aromatic heterocycles. The van der Waals surface area contributed by atoms with Crippen LogP contribution in [0.2, 0.25) is 5.02 Å². The van der Waals surface area contributed by atoms with E-state index in [2.05, 4.69) is 21.5 Å². The van der Waals surface area contributed by atoms with Crippen LogP contribution in [0.3, 0.4) is 0 Å². The van der Waals surface area contributed by atoms with Crippen LogP contribution in [0.4, 0.5) is 0 Å². The van der Waals surface area contributed by atoms with Gasteiger partial charge in [-0.2, -0.15) is 4.37 Å². The lowest BCUT2D eigenvalue weighted by atomic mass is 10.1. The molecule has 0 amide bonds. The Hall–Kier alpha value is -1.84. The lowest BCUT2D eigenvalue weighted by Crippen LogP contribution is -1.76. The van der Waals surface area contributed by atoms with Crippen LogP contribution in [0.25, 0.3) is 32.2 Å². The highest BCUT2D eigenvalue weighted by Crippen LogP contribution is 2.35. The highest BCUT2D eigenvalue weighted by molar-refractivity contribution is 7.13. The molecule has 2 aromatic carbocycles. The maximum absolute atomic E-state index is 6.10. The van der Waals surface area contributed by atoms with E-state index in [9.17, 15) is 0 Å². The van der Waals surface area contributed by atoms with Gasteiger partial charge in [-0.05, 0) is 35.8 Å². The Kier molecular flexibility index (Phi) is 2.37. The fraction of sp³-hybridized carbons (Fsp3) is 0. The molecule has 0 aliphatic heterocycles. The van der Waals surface area contributed by atoms with E-state index in [1.807, 2.05) is 36.5 Å². The summed E-state index contributed by atoms with van der Waals surface area (Å²) in [6.07, 6.45) is 2.00. The molecule has 0 unspecified atom stereocenters. The van der Waals surface area contributed by atoms with Crippen LogP contribution in [0.5, 0.6) is 0 Å². The van der Waals surface area contributed by atoms with E-state index in [-0.39, 0.29) is 0 Å². The molecule has 4 heteroatoms. The average molecular weight is 285 g/mol. The quantitative estimate of drug-likeness (QED) is 0.518. The molecule has 0 saturated carbocycles. The van der Waals surface area contributed by atoms with Crippen LogP contribution in [-0.2, 0) is 0 Å². The van der Waals surface area contributed by atoms with Gasteiger partial charge in [0.1, 0.15) is 0 Å². The molecule has 4 rings (SSSR count). The predicted octanol–water partition coefficient (Wildman–Crippen LogP) is 5.10. The summed E-state index contributed by atoms with van der Waals surface area (Å²) < 4.78 is 5.80. The first-order chi connectivity index (χ1) is 9.33. The van der Waals surface area contributed by atoms with Crippen molar-refractivity contribution < 1.29 is 0 Å². The van der Waals surface area contributed by atoms with Crippen LogP contribution in [0.1, 0.15) is 0 Å². The van der Waals surface area contributed by atoms with Gasteiger partial charge in [0.05, 0.1) is 10.4 Å². The number of benzene rings is 2. The van der Waals surface area contributed by atoms with E-state index >= 15 is 0 Å². The number of halogens is 1. The smallest absolute Gasteiger partial charge is 0.0940 e. The van der Waals surface area contributed by atoms with Crippen LogP contribution in [0.15, 0.2) is 48.7 Å². The van der Waals surface area contributed by atoms with Crippen molar-refractivity contribution in [3.63, 3.8) is 0 Å². The highest BCUT2D eigenvalue weighted by atomic mass is 35.5. The number of nitrogens with zero attached hydrogens (tertiary/aromatic N) is 1. The molecule has 92 valence electrons. The third-order valence-corrected chi connectivity index (χ3v) is 4.34. The molecule has 2 nitrogen and oxygen atoms in total. The molecular formula is C15H9ClN2S. The van der Waals surface area contributed by atoms with Gasteiger partial charge in [0.15, 0.2) is 0 Å². The minimum absolute atomic E-state index is 0.743. The Morgan fingerprint density at radius 2 is 1.95 bits per heavy atom. The third-order valence-electron chi connectivity index (χ3n) is 3.28. The minimum Gasteiger partial charge on any atom is -0.360 e. The molecule has 1 N–H and O–H groups in total. The van der Waals surface area contributed by atoms with Crippen molar-refractivity contribution >= 4 is 44.1 Å². The summed E-state index contributed by atoms with van der Waals surface area (Å²) >= 11 is 7.62. The number of rotatable bonds is 1. The van der Waals surface area contributed by atoms with Gasteiger partial charge in [0.2, 0.25) is 0 Å². The average Bonchev–Trinajstić information content (AvgIpc) is 3.01. The molecule has 0 saturated heterocycles. The molecular weight excluding hydrogens is 276 g/mol. The number of fused-ring (bicyclic) bond motifs is 2. The van der Waals surface area contributed by atoms with E-state index in [0.29, 0.717) is 0 Å². The van der Waals surface area contributed by atoms with Gasteiger partial charge in [0.25, 0.3) is 0 Å². The molecule has 0 atom stereocenters. The molecule has 4 aromatic rings. The molecule has 0 aliphatic carbocycles. The van der Waals surface area contributed by atoms with Crippen molar-refractivity contribution in [3.8, 4) is 11.3 Å². The Bertz CT molecular complexity index is 891. The zero-order chi connectivity index (χ0) is 12.8. The Morgan fingerprint density at radius 3 is 2.89 bits per heavy atom. The molecule has 0 radical (unpaired) electrons. The second-order valence-corrected chi connectivity index (χ2v) is 5.66. The summed E-state index contributed by atoms with van der Waals surface area (Å²) in [4.78, 5) is 3.27. The Balaban J connectivity index is 2.06. The normalized spacial score (nSPS) is 11.4. The lowest BCUT2D eigenvalue weighted by molar-refractivity contribution is 1.46. The van der Waals surface area contributed by atoms with E-state index in [0.717, 1.165) is 27.2 Å². The topological polar surface area (TPSA) is 28.7 Å². The first kappa shape index (κ1) is 11.0. The summed E-state index contributed by atoms with van der Waals surface area (Å²) in [5.74, 6) is 0. The van der Waals surface area contributed by atoms with E-state index < -0.39 is 0 Å². The fourth-order valence-corrected chi connectivity index (χ4v) is 3.33. The largest absolute Gasteiger partial charge is 0.360 e. The SMILES string of the molecule is Clc1ccc2[nH]cc(-c3nsc4ccccc34)c2c1. The molecule has 0 aliphatic rings. The summed E-state index contributed by atoms with van der Waals surface area (Å²) in [6, 6.07) is 14.2. The molecule has 19 heavy (non-hydrogen) atoms. The molecule has 0 bridgehead atoms. The molecule has 2 heterocycles. The monoisotopic (exact) mass is 284 g/mol. The van der Waals surface area contributed by atoms with Gasteiger partial charge < -0.3 is 4.98 Å². The highest BCUT2D eigenvalue weighted by Gasteiger charge is 2.12. The molecule has 0 spiro atoms. The third kappa shape index (κ3) is 1.66. The summed E-state index contributed by atoms with van der Waals surface area (Å²) in [5, 5.41) is 3.05. The van der Waals surface area contributed by atoms with Crippen LogP contribution < -0.4 is 0 Å². The van der Waals surface area contributed by atoms with Crippen LogP contribution >= 0.6 is 23.1 Å². The number of aromatic amines is 1. The second kappa shape index (κ2) is 4.08. The predicted molar refractivity (Wildman–Crippen MR) is 81.9 cm³/mol. The molecule has 0 fully saturated rings. The standard InChI is InChI=1S/C15H9ClN2S/c16-9-5-6-13-11(7-9)12(8-17-13)15-10-3-1-2-4-14(10)19-18-15/h1-8,17H. The lowest BCUT2D eigenvalue weighted by Gasteiger charge is -1.97. The summed E-state index contributed by atoms with van der Waals surface area (Å²) in [5.41, 5.74) is 3.21. The van der Waals surface area contributed by atoms with Gasteiger partial charge in [-0.15, -0.1) is 0 Å². The number of aromatic nitrogens is 2. The van der Waals surface area contributed by atoms with Crippen molar-refractivity contribution in [2.45, 2.75) is 0 Å². The van der Waals surface area contributed by atoms with Crippen molar-refractivity contribution in [2.75, 3.05) is 0 Å². The summed E-state index contributed by atoms with van der Waals surface area (Å²) in [7, 11) is 0. The van der Waals surface area contributed by atoms with E-state index in [1.165, 1.54) is 21.6 Å². The van der Waals surface area contributed by atoms with Gasteiger partial charge in [0, 0.05) is 33.1 Å². The maximum Gasteiger partial charge on any atom is 0.0940 e. The maximum atomic E-state index is 6.10. The van der Waals surface area contributed by atoms with Crippen LogP contribution in [-0.4, -0.2) is 9.36 Å². The van der Waals surface area contributed by atoms with E-state index in [1.54, 1.807) is 0 Å². The van der Waals surface area contributed by atoms with Crippen molar-refractivity contribution in [2.24, 2.45) is 0 Å². The van der Waals surface area contributed by atoms with Crippen molar-refractivity contribution in [1.29, 1.82) is 0 Å². The summed E-state index contributed by atoms with van der Waals surface area (Å²) in [6.45, 7) is 0. The van der Waals surface area contributed by atoms with Gasteiger partial charge in [-0.3, -0.25) is 0 Å². The number of H-pyrrole nitrogens is 1. The Morgan fingerprint density at radius 1 is 1.05 bits per heavy atom. The van der Waals surface area contributed by atoms with Gasteiger partial charge in [-0.1, -0.05) is 29.8 Å². The van der Waals surface area contributed by atoms with Crippen molar-refractivity contribution in [3.05, 3.63) is 53.7 Å². The Labute approximate surface area is 118 Å². The van der Waals surface area contributed by atoms with Gasteiger partial charge in [-0.25, -0.2) is 0 Å². The zero-order valence-electron chi connectivity index (χ0n) is 9.85. The van der Waals surface area contributed by atoms with Crippen LogP contribution in [0, 0.1) is 0 Å². The minimum atomic E-state index is 0.743. The van der Waals surface area contributed by atoms with Crippen molar-refractivity contribution in [1.82, 2.24) is 9.36 Å². The van der Waals surface area contributed by atoms with Gasteiger partial charge >= 0.3 is 0 Å². The first-order valence-corrected chi connectivity index (χ1v) is 7.09. The number of nitrogens with one attached hydrogen (secondary N) is 1.